The highest BCUT2D eigenvalue weighted by Crippen LogP contribution is 2.20. The Kier molecular flexibility index (Phi) is 5.10. The van der Waals surface area contributed by atoms with E-state index in [4.69, 9.17) is 4.74 Å². The molecule has 1 aromatic carbocycles. The lowest BCUT2D eigenvalue weighted by Gasteiger charge is -2.32. The van der Waals surface area contributed by atoms with Gasteiger partial charge >= 0.3 is 0 Å². The van der Waals surface area contributed by atoms with Crippen molar-refractivity contribution in [2.24, 2.45) is 0 Å². The molecule has 6 heteroatoms. The van der Waals surface area contributed by atoms with E-state index in [1.54, 1.807) is 0 Å². The van der Waals surface area contributed by atoms with Gasteiger partial charge in [0.15, 0.2) is 0 Å². The SMILES string of the molecule is Cc1cc(OC2CCCN(C(=O)c3ccc(-n4cccc4)cc3)C2)nc(C)n1. The smallest absolute Gasteiger partial charge is 0.253 e. The highest BCUT2D eigenvalue weighted by atomic mass is 16.5. The van der Waals surface area contributed by atoms with E-state index in [1.165, 1.54) is 0 Å². The van der Waals surface area contributed by atoms with Crippen LogP contribution in [0.3, 0.4) is 0 Å². The van der Waals surface area contributed by atoms with Crippen LogP contribution in [0.4, 0.5) is 0 Å². The predicted octanol–water partition coefficient (Wildman–Crippen LogP) is 3.57. The fourth-order valence-corrected chi connectivity index (χ4v) is 3.60. The number of carbonyl (C=O) groups excluding carboxylic acids is 1. The molecule has 28 heavy (non-hydrogen) atoms. The third-order valence-corrected chi connectivity index (χ3v) is 4.91. The third-order valence-electron chi connectivity index (χ3n) is 4.91. The Bertz CT molecular complexity index is 931. The standard InChI is InChI=1S/C22H24N4O2/c1-16-14-21(24-17(2)23-16)28-20-6-5-13-26(15-20)22(27)18-7-9-19(10-8-18)25-11-3-4-12-25/h3-4,7-12,14,20H,5-6,13,15H2,1-2H3. The summed E-state index contributed by atoms with van der Waals surface area (Å²) < 4.78 is 8.07. The zero-order chi connectivity index (χ0) is 19.5. The maximum atomic E-state index is 12.9. The summed E-state index contributed by atoms with van der Waals surface area (Å²) in [6, 6.07) is 13.5. The Hall–Kier alpha value is -3.15. The normalized spacial score (nSPS) is 16.8. The number of rotatable bonds is 4. The second-order valence-corrected chi connectivity index (χ2v) is 7.17. The molecule has 4 rings (SSSR count). The topological polar surface area (TPSA) is 60.2 Å². The fraction of sp³-hybridized carbons (Fsp3) is 0.318. The molecular formula is C22H24N4O2. The van der Waals surface area contributed by atoms with E-state index < -0.39 is 0 Å². The van der Waals surface area contributed by atoms with Crippen LogP contribution in [0.1, 0.15) is 34.7 Å². The molecule has 6 nitrogen and oxygen atoms in total. The monoisotopic (exact) mass is 376 g/mol. The Labute approximate surface area is 164 Å². The van der Waals surface area contributed by atoms with Gasteiger partial charge in [0, 0.05) is 41.9 Å². The van der Waals surface area contributed by atoms with Crippen molar-refractivity contribution in [3.8, 4) is 11.6 Å². The summed E-state index contributed by atoms with van der Waals surface area (Å²) in [4.78, 5) is 23.4. The molecule has 1 fully saturated rings. The van der Waals surface area contributed by atoms with Crippen molar-refractivity contribution in [3.05, 3.63) is 71.9 Å². The first-order valence-electron chi connectivity index (χ1n) is 9.60. The molecule has 1 saturated heterocycles. The van der Waals surface area contributed by atoms with Gasteiger partial charge < -0.3 is 14.2 Å². The number of piperidine rings is 1. The summed E-state index contributed by atoms with van der Waals surface area (Å²) in [6.45, 7) is 5.10. The highest BCUT2D eigenvalue weighted by Gasteiger charge is 2.26. The predicted molar refractivity (Wildman–Crippen MR) is 107 cm³/mol. The summed E-state index contributed by atoms with van der Waals surface area (Å²) in [5.74, 6) is 1.32. The Morgan fingerprint density at radius 2 is 1.86 bits per heavy atom. The van der Waals surface area contributed by atoms with Crippen LogP contribution in [0.5, 0.6) is 5.88 Å². The fourth-order valence-electron chi connectivity index (χ4n) is 3.60. The van der Waals surface area contributed by atoms with Crippen molar-refractivity contribution in [2.75, 3.05) is 13.1 Å². The number of likely N-dealkylation sites (tertiary alicyclic amines) is 1. The molecule has 0 N–H and O–H groups in total. The van der Waals surface area contributed by atoms with Gasteiger partial charge in [-0.2, -0.15) is 4.98 Å². The molecular weight excluding hydrogens is 352 g/mol. The zero-order valence-electron chi connectivity index (χ0n) is 16.2. The van der Waals surface area contributed by atoms with Crippen LogP contribution in [0, 0.1) is 13.8 Å². The molecule has 0 bridgehead atoms. The second-order valence-electron chi connectivity index (χ2n) is 7.17. The summed E-state index contributed by atoms with van der Waals surface area (Å²) in [6.07, 6.45) is 5.75. The average Bonchev–Trinajstić information content (AvgIpc) is 3.22. The largest absolute Gasteiger partial charge is 0.472 e. The molecule has 1 unspecified atom stereocenters. The number of aryl methyl sites for hydroxylation is 2. The minimum Gasteiger partial charge on any atom is -0.472 e. The molecule has 1 amide bonds. The summed E-state index contributed by atoms with van der Waals surface area (Å²) in [7, 11) is 0. The van der Waals surface area contributed by atoms with Gasteiger partial charge in [-0.1, -0.05) is 0 Å². The number of amides is 1. The van der Waals surface area contributed by atoms with E-state index in [9.17, 15) is 4.79 Å². The van der Waals surface area contributed by atoms with E-state index in [-0.39, 0.29) is 12.0 Å². The van der Waals surface area contributed by atoms with E-state index in [0.29, 0.717) is 23.8 Å². The number of carbonyl (C=O) groups is 1. The number of hydrogen-bond donors (Lipinski definition) is 0. The molecule has 144 valence electrons. The van der Waals surface area contributed by atoms with Gasteiger partial charge in [0.2, 0.25) is 5.88 Å². The Morgan fingerprint density at radius 1 is 1.11 bits per heavy atom. The van der Waals surface area contributed by atoms with E-state index in [0.717, 1.165) is 30.8 Å². The molecule has 2 aromatic heterocycles. The van der Waals surface area contributed by atoms with Crippen LogP contribution in [0.15, 0.2) is 54.9 Å². The van der Waals surface area contributed by atoms with E-state index in [2.05, 4.69) is 9.97 Å². The van der Waals surface area contributed by atoms with Crippen molar-refractivity contribution >= 4 is 5.91 Å². The maximum Gasteiger partial charge on any atom is 0.253 e. The number of nitrogens with zero attached hydrogens (tertiary/aromatic N) is 4. The molecule has 0 radical (unpaired) electrons. The van der Waals surface area contributed by atoms with Gasteiger partial charge in [0.25, 0.3) is 5.91 Å². The molecule has 1 atom stereocenters. The minimum absolute atomic E-state index is 0.0439. The lowest BCUT2D eigenvalue weighted by Crippen LogP contribution is -2.44. The quantitative estimate of drug-likeness (QED) is 0.698. The van der Waals surface area contributed by atoms with Crippen molar-refractivity contribution in [1.82, 2.24) is 19.4 Å². The summed E-state index contributed by atoms with van der Waals surface area (Å²) >= 11 is 0. The van der Waals surface area contributed by atoms with E-state index in [1.807, 2.05) is 78.2 Å². The van der Waals surface area contributed by atoms with Gasteiger partial charge in [0.1, 0.15) is 11.9 Å². The highest BCUT2D eigenvalue weighted by molar-refractivity contribution is 5.94. The average molecular weight is 376 g/mol. The van der Waals surface area contributed by atoms with Gasteiger partial charge in [-0.25, -0.2) is 4.98 Å². The molecule has 0 aliphatic carbocycles. The molecule has 1 aliphatic rings. The van der Waals surface area contributed by atoms with Crippen LogP contribution in [-0.2, 0) is 0 Å². The number of aromatic nitrogens is 3. The molecule has 0 saturated carbocycles. The van der Waals surface area contributed by atoms with Crippen molar-refractivity contribution in [3.63, 3.8) is 0 Å². The van der Waals surface area contributed by atoms with Gasteiger partial charge in [-0.15, -0.1) is 0 Å². The lowest BCUT2D eigenvalue weighted by atomic mass is 10.1. The van der Waals surface area contributed by atoms with Crippen LogP contribution in [-0.4, -0.2) is 44.5 Å². The van der Waals surface area contributed by atoms with Gasteiger partial charge in [-0.05, 0) is 63.1 Å². The third kappa shape index (κ3) is 4.06. The zero-order valence-corrected chi connectivity index (χ0v) is 16.2. The molecule has 3 aromatic rings. The first kappa shape index (κ1) is 18.2. The summed E-state index contributed by atoms with van der Waals surface area (Å²) in [5.41, 5.74) is 2.62. The molecule has 0 spiro atoms. The van der Waals surface area contributed by atoms with Crippen molar-refractivity contribution in [1.29, 1.82) is 0 Å². The van der Waals surface area contributed by atoms with Crippen LogP contribution in [0.2, 0.25) is 0 Å². The number of ether oxygens (including phenoxy) is 1. The van der Waals surface area contributed by atoms with E-state index >= 15 is 0 Å². The number of benzene rings is 1. The first-order valence-corrected chi connectivity index (χ1v) is 9.60. The van der Waals surface area contributed by atoms with Gasteiger partial charge in [-0.3, -0.25) is 4.79 Å². The van der Waals surface area contributed by atoms with Crippen molar-refractivity contribution in [2.45, 2.75) is 32.8 Å². The van der Waals surface area contributed by atoms with Crippen LogP contribution < -0.4 is 4.74 Å². The molecule has 1 aliphatic heterocycles. The first-order chi connectivity index (χ1) is 13.6. The molecule has 3 heterocycles. The maximum absolute atomic E-state index is 12.9. The van der Waals surface area contributed by atoms with Crippen LogP contribution >= 0.6 is 0 Å². The second kappa shape index (κ2) is 7.84. The van der Waals surface area contributed by atoms with Gasteiger partial charge in [0.05, 0.1) is 6.54 Å². The minimum atomic E-state index is -0.0504. The lowest BCUT2D eigenvalue weighted by molar-refractivity contribution is 0.0527. The van der Waals surface area contributed by atoms with Crippen LogP contribution in [0.25, 0.3) is 5.69 Å². The Morgan fingerprint density at radius 3 is 2.57 bits per heavy atom. The van der Waals surface area contributed by atoms with Crippen molar-refractivity contribution < 1.29 is 9.53 Å². The summed E-state index contributed by atoms with van der Waals surface area (Å²) in [5, 5.41) is 0. The Balaban J connectivity index is 1.43. The number of hydrogen-bond acceptors (Lipinski definition) is 4.